The number of methoxy groups -OCH3 is 1. The van der Waals surface area contributed by atoms with Crippen LogP contribution in [-0.2, 0) is 33.0 Å². The molecule has 3 N–H and O–H groups in total. The zero-order chi connectivity index (χ0) is 32.2. The van der Waals surface area contributed by atoms with Crippen LogP contribution in [0.15, 0.2) is 12.1 Å². The number of carbonyl (C=O) groups excluding carboxylic acids is 2. The quantitative estimate of drug-likeness (QED) is 0.177. The summed E-state index contributed by atoms with van der Waals surface area (Å²) in [6.45, 7) is 7.82. The standard InChI is InChI=1S/C32H43N3O9S/c1-6-41-28(39)11-33-8-7-20-9-25(37)26(40-5)10-21(20)15-45-16-23-24-13-34(4)14-27(38)35(24)12-22-29(23)30(44-19(3)36)18(2)31-32(22)43-17-42-31/h9-10,23-24,27,33,37-38H,6-8,11-17H2,1-5H3/t23-,24?,27?/m0/s1. The van der Waals surface area contributed by atoms with Gasteiger partial charge in [-0.15, -0.1) is 0 Å². The van der Waals surface area contributed by atoms with E-state index in [2.05, 4.69) is 15.1 Å². The lowest BCUT2D eigenvalue weighted by molar-refractivity contribution is -0.142. The van der Waals surface area contributed by atoms with E-state index in [9.17, 15) is 19.8 Å². The predicted octanol–water partition coefficient (Wildman–Crippen LogP) is 2.52. The normalized spacial score (nSPS) is 20.8. The number of benzene rings is 2. The molecular formula is C32H43N3O9S. The summed E-state index contributed by atoms with van der Waals surface area (Å²) in [7, 11) is 3.53. The number of phenolic OH excluding ortho intramolecular Hbond substituents is 1. The van der Waals surface area contributed by atoms with Gasteiger partial charge in [-0.3, -0.25) is 14.5 Å². The van der Waals surface area contributed by atoms with Gasteiger partial charge in [0.05, 0.1) is 20.3 Å². The molecule has 13 heteroatoms. The maximum Gasteiger partial charge on any atom is 0.319 e. The number of thioether (sulfide) groups is 1. The van der Waals surface area contributed by atoms with Crippen LogP contribution in [0, 0.1) is 6.92 Å². The number of rotatable bonds is 12. The van der Waals surface area contributed by atoms with Crippen LogP contribution in [0.5, 0.6) is 28.7 Å². The maximum absolute atomic E-state index is 12.3. The van der Waals surface area contributed by atoms with Crippen LogP contribution in [0.1, 0.15) is 47.6 Å². The molecule has 0 aliphatic carbocycles. The first-order chi connectivity index (χ1) is 21.6. The number of hydrogen-bond donors (Lipinski definition) is 3. The van der Waals surface area contributed by atoms with E-state index in [4.69, 9.17) is 23.7 Å². The Balaban J connectivity index is 1.43. The molecule has 246 valence electrons. The number of β-amino-alcohol motifs (C(OH)–C–C–N with tert-alkyl or cyclic N) is 1. The van der Waals surface area contributed by atoms with E-state index in [1.165, 1.54) is 14.0 Å². The molecule has 3 heterocycles. The van der Waals surface area contributed by atoms with E-state index in [0.717, 1.165) is 34.4 Å². The maximum atomic E-state index is 12.3. The fraction of sp³-hybridized carbons (Fsp3) is 0.562. The van der Waals surface area contributed by atoms with Gasteiger partial charge < -0.3 is 44.1 Å². The van der Waals surface area contributed by atoms with Crippen LogP contribution >= 0.6 is 11.8 Å². The van der Waals surface area contributed by atoms with Crippen LogP contribution in [-0.4, -0.2) is 104 Å². The summed E-state index contributed by atoms with van der Waals surface area (Å²) in [5, 5.41) is 24.8. The highest BCUT2D eigenvalue weighted by Gasteiger charge is 2.46. The molecule has 12 nitrogen and oxygen atoms in total. The Morgan fingerprint density at radius 2 is 1.96 bits per heavy atom. The molecule has 0 aromatic heterocycles. The van der Waals surface area contributed by atoms with E-state index in [0.29, 0.717) is 67.2 Å². The molecule has 2 aromatic carbocycles. The summed E-state index contributed by atoms with van der Waals surface area (Å²) in [5.41, 5.74) is 4.48. The van der Waals surface area contributed by atoms with Gasteiger partial charge in [0, 0.05) is 66.7 Å². The summed E-state index contributed by atoms with van der Waals surface area (Å²) in [5.74, 6) is 2.64. The second kappa shape index (κ2) is 14.5. The summed E-state index contributed by atoms with van der Waals surface area (Å²) < 4.78 is 28.1. The molecule has 1 fully saturated rings. The number of nitrogens with one attached hydrogen (secondary N) is 1. The number of esters is 2. The Bertz CT molecular complexity index is 1420. The molecule has 0 amide bonds. The number of likely N-dealkylation sites (N-methyl/N-ethyl adjacent to an activating group) is 1. The van der Waals surface area contributed by atoms with Crippen LogP contribution in [0.4, 0.5) is 0 Å². The van der Waals surface area contributed by atoms with Crippen molar-refractivity contribution < 1.29 is 43.5 Å². The zero-order valence-electron chi connectivity index (χ0n) is 26.5. The third-order valence-electron chi connectivity index (χ3n) is 8.54. The van der Waals surface area contributed by atoms with Gasteiger partial charge in [0.2, 0.25) is 6.79 Å². The van der Waals surface area contributed by atoms with Gasteiger partial charge in [-0.2, -0.15) is 11.8 Å². The number of nitrogens with zero attached hydrogens (tertiary/aromatic N) is 2. The molecular weight excluding hydrogens is 602 g/mol. The lowest BCUT2D eigenvalue weighted by Gasteiger charge is -2.50. The van der Waals surface area contributed by atoms with Gasteiger partial charge in [0.1, 0.15) is 12.0 Å². The lowest BCUT2D eigenvalue weighted by atomic mass is 9.80. The number of aromatic hydroxyl groups is 1. The number of fused-ring (bicyclic) bond motifs is 4. The average molecular weight is 646 g/mol. The Kier molecular flexibility index (Phi) is 10.7. The monoisotopic (exact) mass is 645 g/mol. The average Bonchev–Trinajstić information content (AvgIpc) is 3.49. The van der Waals surface area contributed by atoms with Gasteiger partial charge in [0.15, 0.2) is 23.0 Å². The smallest absolute Gasteiger partial charge is 0.319 e. The van der Waals surface area contributed by atoms with Gasteiger partial charge in [-0.05, 0) is 57.1 Å². The number of aliphatic hydroxyl groups excluding tert-OH is 1. The number of hydrogen-bond acceptors (Lipinski definition) is 13. The number of piperazine rings is 1. The van der Waals surface area contributed by atoms with Crippen molar-refractivity contribution in [3.8, 4) is 28.7 Å². The minimum absolute atomic E-state index is 0.0336. The molecule has 5 rings (SSSR count). The molecule has 1 saturated heterocycles. The molecule has 2 unspecified atom stereocenters. The first-order valence-corrected chi connectivity index (χ1v) is 16.4. The molecule has 3 aliphatic heterocycles. The van der Waals surface area contributed by atoms with Crippen LogP contribution in [0.3, 0.4) is 0 Å². The molecule has 0 spiro atoms. The fourth-order valence-corrected chi connectivity index (χ4v) is 7.78. The summed E-state index contributed by atoms with van der Waals surface area (Å²) >= 11 is 1.72. The highest BCUT2D eigenvalue weighted by Crippen LogP contribution is 2.53. The summed E-state index contributed by atoms with van der Waals surface area (Å²) in [6, 6.07) is 3.54. The predicted molar refractivity (Wildman–Crippen MR) is 168 cm³/mol. The van der Waals surface area contributed by atoms with E-state index in [1.807, 2.05) is 20.0 Å². The van der Waals surface area contributed by atoms with E-state index in [-0.39, 0.29) is 37.0 Å². The number of ether oxygens (including phenoxy) is 5. The van der Waals surface area contributed by atoms with Gasteiger partial charge >= 0.3 is 11.9 Å². The lowest BCUT2D eigenvalue weighted by Crippen LogP contribution is -2.61. The third-order valence-corrected chi connectivity index (χ3v) is 9.65. The zero-order valence-corrected chi connectivity index (χ0v) is 27.3. The Morgan fingerprint density at radius 1 is 1.18 bits per heavy atom. The molecule has 45 heavy (non-hydrogen) atoms. The van der Waals surface area contributed by atoms with Crippen LogP contribution in [0.25, 0.3) is 0 Å². The van der Waals surface area contributed by atoms with Gasteiger partial charge in [0.25, 0.3) is 0 Å². The molecule has 0 radical (unpaired) electrons. The van der Waals surface area contributed by atoms with Crippen molar-refractivity contribution in [2.24, 2.45) is 0 Å². The van der Waals surface area contributed by atoms with Gasteiger partial charge in [-0.25, -0.2) is 0 Å². The number of phenols is 1. The largest absolute Gasteiger partial charge is 0.504 e. The third kappa shape index (κ3) is 7.12. The van der Waals surface area contributed by atoms with Crippen molar-refractivity contribution in [2.45, 2.75) is 57.7 Å². The first kappa shape index (κ1) is 33.1. The first-order valence-electron chi connectivity index (χ1n) is 15.2. The summed E-state index contributed by atoms with van der Waals surface area (Å²) in [6.07, 6.45) is -0.0768. The molecule has 3 atom stereocenters. The molecule has 3 aliphatic rings. The summed E-state index contributed by atoms with van der Waals surface area (Å²) in [4.78, 5) is 28.3. The number of carbonyl (C=O) groups is 2. The highest BCUT2D eigenvalue weighted by atomic mass is 32.2. The SMILES string of the molecule is CCOC(=O)CNCCc1cc(O)c(OC)cc1CSC[C@@H]1c2c(c3c(c(C)c2OC(C)=O)OCO3)CN2C(O)CN(C)CC12. The van der Waals surface area contributed by atoms with Crippen LogP contribution < -0.4 is 24.3 Å². The van der Waals surface area contributed by atoms with E-state index in [1.54, 1.807) is 24.8 Å². The second-order valence-electron chi connectivity index (χ2n) is 11.6. The molecule has 2 aromatic rings. The van der Waals surface area contributed by atoms with Crippen molar-refractivity contribution in [1.29, 1.82) is 0 Å². The van der Waals surface area contributed by atoms with Crippen molar-refractivity contribution in [1.82, 2.24) is 15.1 Å². The van der Waals surface area contributed by atoms with Crippen molar-refractivity contribution >= 4 is 23.7 Å². The van der Waals surface area contributed by atoms with Crippen molar-refractivity contribution in [3.05, 3.63) is 39.9 Å². The Labute approximate surface area is 267 Å². The van der Waals surface area contributed by atoms with E-state index < -0.39 is 12.2 Å². The van der Waals surface area contributed by atoms with E-state index >= 15 is 0 Å². The van der Waals surface area contributed by atoms with Crippen molar-refractivity contribution in [2.75, 3.05) is 59.5 Å². The minimum Gasteiger partial charge on any atom is -0.504 e. The molecule has 0 saturated carbocycles. The van der Waals surface area contributed by atoms with Crippen molar-refractivity contribution in [3.63, 3.8) is 0 Å². The Morgan fingerprint density at radius 3 is 2.69 bits per heavy atom. The van der Waals surface area contributed by atoms with Gasteiger partial charge in [-0.1, -0.05) is 0 Å². The van der Waals surface area contributed by atoms with Crippen LogP contribution in [0.2, 0.25) is 0 Å². The number of aliphatic hydroxyl groups is 1. The minimum atomic E-state index is -0.666. The molecule has 0 bridgehead atoms. The Hall–Kier alpha value is -3.23. The highest BCUT2D eigenvalue weighted by molar-refractivity contribution is 7.98. The fourth-order valence-electron chi connectivity index (χ4n) is 6.53. The topological polar surface area (TPSA) is 139 Å². The second-order valence-corrected chi connectivity index (χ2v) is 12.6.